The number of halogens is 1. The predicted molar refractivity (Wildman–Crippen MR) is 214 cm³/mol. The molecule has 242 valence electrons. The standard InChI is InChI=1S/C49H34ClN/c50-40-21-15-17-36(34-40)35-16-13-19-38(32-35)49(46-29-10-7-27-44(46)45-28-8-11-30-47(45)49)39-20-14-18-37(33-39)43-26-9-12-31-48(43)51(41-22-3-1-4-23-41)42-24-5-2-6-25-42/h1-34H. The van der Waals surface area contributed by atoms with Gasteiger partial charge in [-0.3, -0.25) is 0 Å². The second kappa shape index (κ2) is 12.9. The van der Waals surface area contributed by atoms with Crippen LogP contribution in [0.4, 0.5) is 17.1 Å². The molecule has 51 heavy (non-hydrogen) atoms. The Bertz CT molecular complexity index is 2420. The molecule has 0 aliphatic heterocycles. The van der Waals surface area contributed by atoms with Crippen LogP contribution in [-0.4, -0.2) is 0 Å². The maximum absolute atomic E-state index is 6.50. The van der Waals surface area contributed by atoms with Gasteiger partial charge in [0.25, 0.3) is 0 Å². The van der Waals surface area contributed by atoms with Crippen LogP contribution in [0.5, 0.6) is 0 Å². The zero-order chi connectivity index (χ0) is 34.2. The lowest BCUT2D eigenvalue weighted by molar-refractivity contribution is 0.769. The van der Waals surface area contributed by atoms with Gasteiger partial charge in [0.15, 0.2) is 0 Å². The molecule has 0 amide bonds. The number of para-hydroxylation sites is 3. The van der Waals surface area contributed by atoms with E-state index in [4.69, 9.17) is 11.6 Å². The highest BCUT2D eigenvalue weighted by atomic mass is 35.5. The fraction of sp³-hybridized carbons (Fsp3) is 0.0204. The van der Waals surface area contributed by atoms with Crippen LogP contribution in [0.1, 0.15) is 22.3 Å². The molecule has 0 heterocycles. The highest BCUT2D eigenvalue weighted by Gasteiger charge is 2.46. The van der Waals surface area contributed by atoms with Gasteiger partial charge in [-0.1, -0.05) is 163 Å². The van der Waals surface area contributed by atoms with Crippen LogP contribution in [0.15, 0.2) is 206 Å². The number of nitrogens with zero attached hydrogens (tertiary/aromatic N) is 1. The van der Waals surface area contributed by atoms with Crippen LogP contribution >= 0.6 is 11.6 Å². The van der Waals surface area contributed by atoms with E-state index < -0.39 is 5.41 Å². The van der Waals surface area contributed by atoms with Gasteiger partial charge in [0.2, 0.25) is 0 Å². The van der Waals surface area contributed by atoms with Crippen molar-refractivity contribution in [1.82, 2.24) is 0 Å². The molecule has 8 aromatic rings. The largest absolute Gasteiger partial charge is 0.310 e. The molecule has 0 spiro atoms. The fourth-order valence-corrected chi connectivity index (χ4v) is 8.23. The average molecular weight is 672 g/mol. The molecule has 0 N–H and O–H groups in total. The summed E-state index contributed by atoms with van der Waals surface area (Å²) in [7, 11) is 0. The number of rotatable bonds is 7. The molecule has 0 atom stereocenters. The maximum atomic E-state index is 6.50. The molecule has 9 rings (SSSR count). The van der Waals surface area contributed by atoms with E-state index in [0.29, 0.717) is 0 Å². The van der Waals surface area contributed by atoms with E-state index in [2.05, 4.69) is 193 Å². The van der Waals surface area contributed by atoms with Crippen LogP contribution in [0.25, 0.3) is 33.4 Å². The van der Waals surface area contributed by atoms with Crippen molar-refractivity contribution in [3.63, 3.8) is 0 Å². The second-order valence-electron chi connectivity index (χ2n) is 13.0. The molecular weight excluding hydrogens is 638 g/mol. The zero-order valence-corrected chi connectivity index (χ0v) is 28.7. The number of hydrogen-bond donors (Lipinski definition) is 0. The van der Waals surface area contributed by atoms with E-state index in [1.807, 2.05) is 18.2 Å². The smallest absolute Gasteiger partial charge is 0.0713 e. The molecule has 0 bridgehead atoms. The molecule has 0 unspecified atom stereocenters. The van der Waals surface area contributed by atoms with Crippen molar-refractivity contribution < 1.29 is 0 Å². The Morgan fingerprint density at radius 2 is 0.804 bits per heavy atom. The molecule has 1 aliphatic carbocycles. The minimum absolute atomic E-state index is 0.550. The Morgan fingerprint density at radius 1 is 0.353 bits per heavy atom. The summed E-state index contributed by atoms with van der Waals surface area (Å²) in [5.74, 6) is 0. The Hall–Kier alpha value is -6.15. The summed E-state index contributed by atoms with van der Waals surface area (Å²) in [6, 6.07) is 74.2. The molecule has 0 aromatic heterocycles. The molecule has 1 nitrogen and oxygen atoms in total. The van der Waals surface area contributed by atoms with Crippen molar-refractivity contribution in [1.29, 1.82) is 0 Å². The first-order chi connectivity index (χ1) is 25.2. The molecular formula is C49H34ClN. The molecule has 8 aromatic carbocycles. The monoisotopic (exact) mass is 671 g/mol. The normalized spacial score (nSPS) is 12.6. The summed E-state index contributed by atoms with van der Waals surface area (Å²) in [5, 5.41) is 0.732. The van der Waals surface area contributed by atoms with Crippen molar-refractivity contribution in [2.75, 3.05) is 4.90 Å². The molecule has 0 saturated carbocycles. The van der Waals surface area contributed by atoms with Crippen molar-refractivity contribution in [2.45, 2.75) is 5.41 Å². The Morgan fingerprint density at radius 3 is 1.39 bits per heavy atom. The van der Waals surface area contributed by atoms with Gasteiger partial charge in [0.1, 0.15) is 0 Å². The first kappa shape index (κ1) is 30.9. The molecule has 0 radical (unpaired) electrons. The van der Waals surface area contributed by atoms with E-state index in [9.17, 15) is 0 Å². The highest BCUT2D eigenvalue weighted by molar-refractivity contribution is 6.30. The molecule has 0 saturated heterocycles. The van der Waals surface area contributed by atoms with Gasteiger partial charge in [-0.05, 0) is 105 Å². The number of benzene rings is 8. The number of hydrogen-bond acceptors (Lipinski definition) is 1. The first-order valence-electron chi connectivity index (χ1n) is 17.4. The second-order valence-corrected chi connectivity index (χ2v) is 13.5. The van der Waals surface area contributed by atoms with Crippen LogP contribution in [0.2, 0.25) is 5.02 Å². The van der Waals surface area contributed by atoms with E-state index in [1.165, 1.54) is 33.4 Å². The summed E-state index contributed by atoms with van der Waals surface area (Å²) < 4.78 is 0. The first-order valence-corrected chi connectivity index (χ1v) is 17.8. The van der Waals surface area contributed by atoms with Gasteiger partial charge in [0.05, 0.1) is 11.1 Å². The van der Waals surface area contributed by atoms with Gasteiger partial charge in [-0.2, -0.15) is 0 Å². The Labute approximate surface area is 304 Å². The third kappa shape index (κ3) is 5.26. The third-order valence-electron chi connectivity index (χ3n) is 10.2. The SMILES string of the molecule is Clc1cccc(-c2cccc(C3(c4cccc(-c5ccccc5N(c5ccccc5)c5ccccc5)c4)c4ccccc4-c4ccccc43)c2)c1. The van der Waals surface area contributed by atoms with Gasteiger partial charge in [-0.25, -0.2) is 0 Å². The molecule has 1 aliphatic rings. The third-order valence-corrected chi connectivity index (χ3v) is 10.4. The van der Waals surface area contributed by atoms with E-state index >= 15 is 0 Å². The van der Waals surface area contributed by atoms with E-state index in [1.54, 1.807) is 0 Å². The summed E-state index contributed by atoms with van der Waals surface area (Å²) >= 11 is 6.50. The fourth-order valence-electron chi connectivity index (χ4n) is 8.04. The van der Waals surface area contributed by atoms with Gasteiger partial charge >= 0.3 is 0 Å². The summed E-state index contributed by atoms with van der Waals surface area (Å²) in [6.07, 6.45) is 0. The Balaban J connectivity index is 1.29. The van der Waals surface area contributed by atoms with Crippen LogP contribution in [0, 0.1) is 0 Å². The van der Waals surface area contributed by atoms with Gasteiger partial charge < -0.3 is 4.90 Å². The molecule has 0 fully saturated rings. The van der Waals surface area contributed by atoms with Gasteiger partial charge in [-0.15, -0.1) is 0 Å². The lowest BCUT2D eigenvalue weighted by Gasteiger charge is -2.35. The minimum atomic E-state index is -0.550. The number of anilines is 3. The van der Waals surface area contributed by atoms with Crippen molar-refractivity contribution in [2.24, 2.45) is 0 Å². The minimum Gasteiger partial charge on any atom is -0.310 e. The number of fused-ring (bicyclic) bond motifs is 3. The van der Waals surface area contributed by atoms with E-state index in [0.717, 1.165) is 44.3 Å². The van der Waals surface area contributed by atoms with E-state index in [-0.39, 0.29) is 0 Å². The lowest BCUT2D eigenvalue weighted by Crippen LogP contribution is -2.28. The summed E-state index contributed by atoms with van der Waals surface area (Å²) in [4.78, 5) is 2.35. The highest BCUT2D eigenvalue weighted by Crippen LogP contribution is 2.57. The quantitative estimate of drug-likeness (QED) is 0.163. The summed E-state index contributed by atoms with van der Waals surface area (Å²) in [5.41, 5.74) is 14.9. The topological polar surface area (TPSA) is 3.24 Å². The van der Waals surface area contributed by atoms with Crippen LogP contribution in [0.3, 0.4) is 0 Å². The van der Waals surface area contributed by atoms with Gasteiger partial charge in [0, 0.05) is 22.0 Å². The van der Waals surface area contributed by atoms with Crippen LogP contribution in [-0.2, 0) is 5.41 Å². The zero-order valence-electron chi connectivity index (χ0n) is 28.0. The van der Waals surface area contributed by atoms with Crippen LogP contribution < -0.4 is 4.90 Å². The molecule has 2 heteroatoms. The summed E-state index contributed by atoms with van der Waals surface area (Å²) in [6.45, 7) is 0. The van der Waals surface area contributed by atoms with Crippen molar-refractivity contribution >= 4 is 28.7 Å². The maximum Gasteiger partial charge on any atom is 0.0713 e. The van der Waals surface area contributed by atoms with Crippen molar-refractivity contribution in [3.8, 4) is 33.4 Å². The average Bonchev–Trinajstić information content (AvgIpc) is 3.50. The van der Waals surface area contributed by atoms with Crippen molar-refractivity contribution in [3.05, 3.63) is 234 Å². The lowest BCUT2D eigenvalue weighted by atomic mass is 9.67. The predicted octanol–water partition coefficient (Wildman–Crippen LogP) is 13.5. The Kier molecular flexibility index (Phi) is 7.84.